The number of nitrogens with zero attached hydrogens (tertiary/aromatic N) is 1. The maximum atomic E-state index is 12.5. The van der Waals surface area contributed by atoms with Crippen LogP contribution < -0.4 is 0 Å². The number of hydrogen-bond acceptors (Lipinski definition) is 3. The zero-order valence-corrected chi connectivity index (χ0v) is 13.2. The Hall–Kier alpha value is -1.30. The minimum atomic E-state index is -1.04. The number of benzene rings is 1. The van der Waals surface area contributed by atoms with Gasteiger partial charge in [-0.2, -0.15) is 0 Å². The smallest absolute Gasteiger partial charge is 0.334 e. The lowest BCUT2D eigenvalue weighted by molar-refractivity contribution is -0.159. The molecule has 118 valence electrons. The summed E-state index contributed by atoms with van der Waals surface area (Å²) in [6.45, 7) is 0.791. The third kappa shape index (κ3) is 3.21. The average molecular weight is 344 g/mol. The van der Waals surface area contributed by atoms with Gasteiger partial charge >= 0.3 is 5.97 Å². The monoisotopic (exact) mass is 343 g/mol. The van der Waals surface area contributed by atoms with Gasteiger partial charge in [-0.15, -0.1) is 0 Å². The summed E-state index contributed by atoms with van der Waals surface area (Å²) < 4.78 is 5.13. The summed E-state index contributed by atoms with van der Waals surface area (Å²) >= 11 is 12.0. The number of aliphatic carboxylic acids is 1. The van der Waals surface area contributed by atoms with E-state index in [0.29, 0.717) is 16.6 Å². The molecule has 7 heteroatoms. The first-order valence-electron chi connectivity index (χ1n) is 7.05. The molecule has 3 atom stereocenters. The fourth-order valence-electron chi connectivity index (χ4n) is 2.86. The van der Waals surface area contributed by atoms with Crippen LogP contribution in [0.5, 0.6) is 0 Å². The van der Waals surface area contributed by atoms with Gasteiger partial charge in [0.1, 0.15) is 0 Å². The van der Waals surface area contributed by atoms with Crippen molar-refractivity contribution in [2.75, 3.05) is 19.7 Å². The number of hydrogen-bond donors (Lipinski definition) is 1. The topological polar surface area (TPSA) is 66.8 Å². The molecule has 0 radical (unpaired) electrons. The van der Waals surface area contributed by atoms with Crippen LogP contribution in [0.25, 0.3) is 0 Å². The van der Waals surface area contributed by atoms with E-state index in [-0.39, 0.29) is 30.9 Å². The highest BCUT2D eigenvalue weighted by molar-refractivity contribution is 6.34. The number of carbonyl (C=O) groups is 2. The second-order valence-electron chi connectivity index (χ2n) is 5.63. The Kier molecular flexibility index (Phi) is 4.30. The van der Waals surface area contributed by atoms with Crippen LogP contribution in [0.15, 0.2) is 18.2 Å². The maximum Gasteiger partial charge on any atom is 0.334 e. The normalized spacial score (nSPS) is 27.5. The van der Waals surface area contributed by atoms with E-state index in [0.717, 1.165) is 12.0 Å². The summed E-state index contributed by atoms with van der Waals surface area (Å²) in [6, 6.07) is 5.31. The zero-order chi connectivity index (χ0) is 15.9. The predicted molar refractivity (Wildman–Crippen MR) is 81.3 cm³/mol. The molecule has 0 aromatic heterocycles. The van der Waals surface area contributed by atoms with Crippen LogP contribution in [0.2, 0.25) is 10.0 Å². The van der Waals surface area contributed by atoms with E-state index in [2.05, 4.69) is 0 Å². The van der Waals surface area contributed by atoms with E-state index >= 15 is 0 Å². The van der Waals surface area contributed by atoms with Crippen molar-refractivity contribution in [1.29, 1.82) is 0 Å². The number of morpholine rings is 1. The highest BCUT2D eigenvalue weighted by Crippen LogP contribution is 2.49. The number of carbonyl (C=O) groups excluding carboxylic acids is 1. The molecule has 1 saturated heterocycles. The van der Waals surface area contributed by atoms with Gasteiger partial charge < -0.3 is 14.7 Å². The van der Waals surface area contributed by atoms with Gasteiger partial charge in [0.25, 0.3) is 0 Å². The molecule has 1 N–H and O–H groups in total. The summed E-state index contributed by atoms with van der Waals surface area (Å²) in [7, 11) is 0. The number of ether oxygens (including phenoxy) is 1. The van der Waals surface area contributed by atoms with Gasteiger partial charge in [0.05, 0.1) is 13.2 Å². The molecule has 1 aromatic carbocycles. The highest BCUT2D eigenvalue weighted by Gasteiger charge is 2.47. The molecule has 0 spiro atoms. The van der Waals surface area contributed by atoms with Crippen molar-refractivity contribution in [3.05, 3.63) is 33.8 Å². The summed E-state index contributed by atoms with van der Waals surface area (Å²) in [5.41, 5.74) is 0.957. The van der Waals surface area contributed by atoms with Crippen LogP contribution in [0.4, 0.5) is 0 Å². The van der Waals surface area contributed by atoms with Gasteiger partial charge in [-0.1, -0.05) is 23.2 Å². The lowest BCUT2D eigenvalue weighted by atomic mass is 10.1. The Labute approximate surface area is 137 Å². The van der Waals surface area contributed by atoms with Crippen molar-refractivity contribution >= 4 is 35.1 Å². The molecule has 22 heavy (non-hydrogen) atoms. The van der Waals surface area contributed by atoms with E-state index in [1.807, 2.05) is 12.1 Å². The zero-order valence-electron chi connectivity index (χ0n) is 11.7. The van der Waals surface area contributed by atoms with E-state index in [4.69, 9.17) is 33.0 Å². The fourth-order valence-corrected chi connectivity index (χ4v) is 3.40. The first-order valence-corrected chi connectivity index (χ1v) is 7.80. The van der Waals surface area contributed by atoms with Gasteiger partial charge in [0, 0.05) is 22.5 Å². The van der Waals surface area contributed by atoms with Crippen molar-refractivity contribution in [1.82, 2.24) is 4.90 Å². The number of halogens is 2. The molecule has 0 unspecified atom stereocenters. The van der Waals surface area contributed by atoms with Crippen LogP contribution >= 0.6 is 23.2 Å². The van der Waals surface area contributed by atoms with E-state index < -0.39 is 12.1 Å². The molecular weight excluding hydrogens is 329 g/mol. The first-order chi connectivity index (χ1) is 10.5. The molecule has 1 saturated carbocycles. The summed E-state index contributed by atoms with van der Waals surface area (Å²) in [5.74, 6) is -1.07. The Morgan fingerprint density at radius 2 is 1.91 bits per heavy atom. The SMILES string of the molecule is O=C(O)[C@@H]1CN(C(=O)[C@H]2C[C@H]2c2cc(Cl)cc(Cl)c2)CCO1. The van der Waals surface area contributed by atoms with E-state index in [1.165, 1.54) is 0 Å². The number of carboxylic acids is 1. The lowest BCUT2D eigenvalue weighted by Gasteiger charge is -2.31. The molecule has 1 heterocycles. The van der Waals surface area contributed by atoms with Gasteiger partial charge in [0.15, 0.2) is 6.10 Å². The number of rotatable bonds is 3. The Morgan fingerprint density at radius 1 is 1.23 bits per heavy atom. The quantitative estimate of drug-likeness (QED) is 0.915. The van der Waals surface area contributed by atoms with Crippen LogP contribution in [0, 0.1) is 5.92 Å². The molecule has 1 aliphatic heterocycles. The van der Waals surface area contributed by atoms with Crippen molar-refractivity contribution in [3.63, 3.8) is 0 Å². The number of amides is 1. The first kappa shape index (κ1) is 15.6. The van der Waals surface area contributed by atoms with E-state index in [9.17, 15) is 9.59 Å². The average Bonchev–Trinajstić information content (AvgIpc) is 3.26. The molecule has 1 aromatic rings. The maximum absolute atomic E-state index is 12.5. The minimum absolute atomic E-state index is 0.0179. The third-order valence-corrected chi connectivity index (χ3v) is 4.51. The molecule has 2 aliphatic rings. The highest BCUT2D eigenvalue weighted by atomic mass is 35.5. The second-order valence-corrected chi connectivity index (χ2v) is 6.51. The Balaban J connectivity index is 1.66. The van der Waals surface area contributed by atoms with Crippen LogP contribution in [0.3, 0.4) is 0 Å². The Morgan fingerprint density at radius 3 is 2.55 bits per heavy atom. The molecule has 5 nitrogen and oxygen atoms in total. The van der Waals surface area contributed by atoms with Crippen LogP contribution in [-0.2, 0) is 14.3 Å². The van der Waals surface area contributed by atoms with Crippen molar-refractivity contribution < 1.29 is 19.4 Å². The number of carboxylic acid groups (broad SMARTS) is 1. The second kappa shape index (κ2) is 6.07. The Bertz CT molecular complexity index is 601. The molecule has 0 bridgehead atoms. The molecule has 1 aliphatic carbocycles. The minimum Gasteiger partial charge on any atom is -0.479 e. The summed E-state index contributed by atoms with van der Waals surface area (Å²) in [4.78, 5) is 25.1. The molecule has 3 rings (SSSR count). The molecule has 2 fully saturated rings. The van der Waals surface area contributed by atoms with Crippen molar-refractivity contribution in [3.8, 4) is 0 Å². The molecule has 1 amide bonds. The standard InChI is InChI=1S/C15H15Cl2NO4/c16-9-3-8(4-10(17)5-9)11-6-12(11)14(19)18-1-2-22-13(7-18)15(20)21/h3-5,11-13H,1-2,6-7H2,(H,20,21)/t11-,12-,13-/m0/s1. The van der Waals surface area contributed by atoms with Crippen molar-refractivity contribution in [2.24, 2.45) is 5.92 Å². The van der Waals surface area contributed by atoms with Gasteiger partial charge in [-0.3, -0.25) is 4.79 Å². The molecular formula is C15H15Cl2NO4. The van der Waals surface area contributed by atoms with Gasteiger partial charge in [-0.25, -0.2) is 4.79 Å². The van der Waals surface area contributed by atoms with Gasteiger partial charge in [-0.05, 0) is 36.1 Å². The van der Waals surface area contributed by atoms with E-state index in [1.54, 1.807) is 11.0 Å². The van der Waals surface area contributed by atoms with Crippen LogP contribution in [0.1, 0.15) is 17.9 Å². The van der Waals surface area contributed by atoms with Crippen molar-refractivity contribution in [2.45, 2.75) is 18.4 Å². The summed E-state index contributed by atoms with van der Waals surface area (Å²) in [6.07, 6.45) is -0.194. The summed E-state index contributed by atoms with van der Waals surface area (Å²) in [5, 5.41) is 10.1. The largest absolute Gasteiger partial charge is 0.479 e. The van der Waals surface area contributed by atoms with Crippen LogP contribution in [-0.4, -0.2) is 47.7 Å². The predicted octanol–water partition coefficient (Wildman–Crippen LogP) is 2.41. The fraction of sp³-hybridized carbons (Fsp3) is 0.467. The van der Waals surface area contributed by atoms with Gasteiger partial charge in [0.2, 0.25) is 5.91 Å². The third-order valence-electron chi connectivity index (χ3n) is 4.07. The lowest BCUT2D eigenvalue weighted by Crippen LogP contribution is -2.49.